The molecule has 0 aliphatic carbocycles. The topological polar surface area (TPSA) is 124 Å². The van der Waals surface area contributed by atoms with Crippen molar-refractivity contribution in [3.05, 3.63) is 59.9 Å². The number of amides is 1. The van der Waals surface area contributed by atoms with Gasteiger partial charge >= 0.3 is 17.8 Å². The first-order valence-corrected chi connectivity index (χ1v) is 8.53. The standard InChI is InChI=1S/C20H20FNO6/c21-17-4-2-1-3-16(17)13-7-5-12(6-8-13)9-15(22-18(24)20(27)28)10-14(11-23)19(25)26/h1-8,14-15,23H,9-11H2,(H,22,24)(H,25,26)(H,27,28). The Hall–Kier alpha value is -3.26. The number of carbonyl (C=O) groups excluding carboxylic acids is 1. The summed E-state index contributed by atoms with van der Waals surface area (Å²) in [5, 5.41) is 29.3. The Balaban J connectivity index is 2.18. The SMILES string of the molecule is O=C(O)C(=O)NC(Cc1ccc(-c2ccccc2F)cc1)CC(CO)C(=O)O. The smallest absolute Gasteiger partial charge is 0.394 e. The molecule has 0 aliphatic heterocycles. The first-order chi connectivity index (χ1) is 13.3. The van der Waals surface area contributed by atoms with E-state index in [0.717, 1.165) is 0 Å². The summed E-state index contributed by atoms with van der Waals surface area (Å²) in [5.41, 5.74) is 1.76. The molecule has 0 radical (unpaired) electrons. The molecule has 2 aromatic carbocycles. The molecule has 0 saturated heterocycles. The summed E-state index contributed by atoms with van der Waals surface area (Å²) in [4.78, 5) is 33.4. The Morgan fingerprint density at radius 1 is 1.00 bits per heavy atom. The molecule has 0 fully saturated rings. The zero-order valence-electron chi connectivity index (χ0n) is 14.8. The van der Waals surface area contributed by atoms with Crippen LogP contribution in [0.1, 0.15) is 12.0 Å². The number of benzene rings is 2. The van der Waals surface area contributed by atoms with Crippen molar-refractivity contribution < 1.29 is 34.1 Å². The molecule has 8 heteroatoms. The van der Waals surface area contributed by atoms with E-state index in [1.54, 1.807) is 42.5 Å². The van der Waals surface area contributed by atoms with E-state index in [1.807, 2.05) is 0 Å². The van der Waals surface area contributed by atoms with E-state index >= 15 is 0 Å². The van der Waals surface area contributed by atoms with Gasteiger partial charge in [-0.1, -0.05) is 42.5 Å². The van der Waals surface area contributed by atoms with E-state index in [-0.39, 0.29) is 18.7 Å². The lowest BCUT2D eigenvalue weighted by Gasteiger charge is -2.21. The largest absolute Gasteiger partial charge is 0.481 e. The first-order valence-electron chi connectivity index (χ1n) is 8.53. The van der Waals surface area contributed by atoms with Gasteiger partial charge in [-0.05, 0) is 30.0 Å². The molecule has 0 aromatic heterocycles. The maximum Gasteiger partial charge on any atom is 0.394 e. The fourth-order valence-electron chi connectivity index (χ4n) is 2.84. The highest BCUT2D eigenvalue weighted by Crippen LogP contribution is 2.23. The Labute approximate surface area is 160 Å². The van der Waals surface area contributed by atoms with Crippen LogP contribution in [0.25, 0.3) is 11.1 Å². The highest BCUT2D eigenvalue weighted by Gasteiger charge is 2.25. The number of carboxylic acid groups (broad SMARTS) is 2. The van der Waals surface area contributed by atoms with Gasteiger partial charge in [-0.2, -0.15) is 0 Å². The highest BCUT2D eigenvalue weighted by atomic mass is 19.1. The summed E-state index contributed by atoms with van der Waals surface area (Å²) in [7, 11) is 0. The van der Waals surface area contributed by atoms with Crippen LogP contribution in [0.15, 0.2) is 48.5 Å². The predicted molar refractivity (Wildman–Crippen MR) is 97.9 cm³/mol. The fourth-order valence-corrected chi connectivity index (χ4v) is 2.84. The molecule has 0 heterocycles. The molecule has 28 heavy (non-hydrogen) atoms. The number of carboxylic acids is 2. The van der Waals surface area contributed by atoms with Crippen LogP contribution in [0.3, 0.4) is 0 Å². The molecule has 2 aromatic rings. The molecule has 0 bridgehead atoms. The van der Waals surface area contributed by atoms with Crippen molar-refractivity contribution in [2.24, 2.45) is 5.92 Å². The number of hydrogen-bond donors (Lipinski definition) is 4. The van der Waals surface area contributed by atoms with Gasteiger partial charge in [-0.25, -0.2) is 9.18 Å². The lowest BCUT2D eigenvalue weighted by atomic mass is 9.94. The highest BCUT2D eigenvalue weighted by molar-refractivity contribution is 6.31. The van der Waals surface area contributed by atoms with E-state index in [0.29, 0.717) is 16.7 Å². The third-order valence-electron chi connectivity index (χ3n) is 4.29. The van der Waals surface area contributed by atoms with Crippen LogP contribution in [0.2, 0.25) is 0 Å². The van der Waals surface area contributed by atoms with Crippen LogP contribution in [0, 0.1) is 11.7 Å². The van der Waals surface area contributed by atoms with Crippen LogP contribution in [0.4, 0.5) is 4.39 Å². The van der Waals surface area contributed by atoms with E-state index in [9.17, 15) is 23.9 Å². The molecule has 1 amide bonds. The number of aliphatic hydroxyl groups excluding tert-OH is 1. The Kier molecular flexibility index (Phi) is 7.22. The Morgan fingerprint density at radius 2 is 1.64 bits per heavy atom. The molecular weight excluding hydrogens is 369 g/mol. The van der Waals surface area contributed by atoms with Gasteiger partial charge in [0.05, 0.1) is 12.5 Å². The minimum atomic E-state index is -1.68. The Morgan fingerprint density at radius 3 is 2.18 bits per heavy atom. The van der Waals surface area contributed by atoms with Gasteiger partial charge in [0, 0.05) is 11.6 Å². The van der Waals surface area contributed by atoms with Gasteiger partial charge in [-0.15, -0.1) is 0 Å². The average molecular weight is 389 g/mol. The van der Waals surface area contributed by atoms with Crippen molar-refractivity contribution in [2.45, 2.75) is 18.9 Å². The third-order valence-corrected chi connectivity index (χ3v) is 4.29. The van der Waals surface area contributed by atoms with Crippen LogP contribution < -0.4 is 5.32 Å². The molecule has 0 spiro atoms. The number of carbonyl (C=O) groups is 3. The molecule has 0 aliphatic rings. The lowest BCUT2D eigenvalue weighted by Crippen LogP contribution is -2.42. The molecule has 7 nitrogen and oxygen atoms in total. The summed E-state index contributed by atoms with van der Waals surface area (Å²) in [6, 6.07) is 12.2. The van der Waals surface area contributed by atoms with Gasteiger partial charge in [0.25, 0.3) is 0 Å². The van der Waals surface area contributed by atoms with Crippen LogP contribution in [-0.2, 0) is 20.8 Å². The summed E-state index contributed by atoms with van der Waals surface area (Å²) < 4.78 is 13.9. The van der Waals surface area contributed by atoms with Crippen LogP contribution in [-0.4, -0.2) is 45.8 Å². The van der Waals surface area contributed by atoms with Gasteiger partial charge in [0.2, 0.25) is 0 Å². The molecule has 4 N–H and O–H groups in total. The second-order valence-electron chi connectivity index (χ2n) is 6.31. The van der Waals surface area contributed by atoms with Crippen molar-refractivity contribution in [1.29, 1.82) is 0 Å². The minimum Gasteiger partial charge on any atom is -0.481 e. The number of hydrogen-bond acceptors (Lipinski definition) is 4. The maximum atomic E-state index is 13.9. The second kappa shape index (κ2) is 9.61. The van der Waals surface area contributed by atoms with Crippen LogP contribution in [0.5, 0.6) is 0 Å². The fraction of sp³-hybridized carbons (Fsp3) is 0.250. The molecule has 0 saturated carbocycles. The number of halogens is 1. The number of nitrogens with one attached hydrogen (secondary N) is 1. The number of aliphatic carboxylic acids is 2. The third kappa shape index (κ3) is 5.62. The second-order valence-corrected chi connectivity index (χ2v) is 6.31. The normalized spacial score (nSPS) is 12.8. The summed E-state index contributed by atoms with van der Waals surface area (Å²) in [6.45, 7) is -0.638. The van der Waals surface area contributed by atoms with Crippen molar-refractivity contribution in [1.82, 2.24) is 5.32 Å². The van der Waals surface area contributed by atoms with Gasteiger partial charge in [0.15, 0.2) is 0 Å². The van der Waals surface area contributed by atoms with E-state index < -0.39 is 36.4 Å². The van der Waals surface area contributed by atoms with Gasteiger partial charge < -0.3 is 20.6 Å². The zero-order valence-corrected chi connectivity index (χ0v) is 14.8. The van der Waals surface area contributed by atoms with E-state index in [2.05, 4.69) is 5.32 Å². The van der Waals surface area contributed by atoms with Crippen LogP contribution >= 0.6 is 0 Å². The quantitative estimate of drug-likeness (QED) is 0.510. The number of aliphatic hydroxyl groups is 1. The van der Waals surface area contributed by atoms with E-state index in [1.165, 1.54) is 6.07 Å². The zero-order chi connectivity index (χ0) is 20.7. The van der Waals surface area contributed by atoms with Crippen molar-refractivity contribution in [3.63, 3.8) is 0 Å². The Bertz CT molecular complexity index is 852. The molecule has 2 rings (SSSR count). The van der Waals surface area contributed by atoms with Crippen molar-refractivity contribution >= 4 is 17.8 Å². The molecule has 2 unspecified atom stereocenters. The minimum absolute atomic E-state index is 0.139. The van der Waals surface area contributed by atoms with E-state index in [4.69, 9.17) is 10.2 Å². The van der Waals surface area contributed by atoms with Gasteiger partial charge in [-0.3, -0.25) is 9.59 Å². The summed E-state index contributed by atoms with van der Waals surface area (Å²) in [6.07, 6.45) is 0.0142. The molecule has 2 atom stereocenters. The average Bonchev–Trinajstić information content (AvgIpc) is 2.66. The van der Waals surface area contributed by atoms with Crippen molar-refractivity contribution in [3.8, 4) is 11.1 Å². The first kappa shape index (κ1) is 21.0. The van der Waals surface area contributed by atoms with Gasteiger partial charge in [0.1, 0.15) is 5.82 Å². The number of rotatable bonds is 8. The summed E-state index contributed by atoms with van der Waals surface area (Å²) >= 11 is 0. The van der Waals surface area contributed by atoms with Crippen molar-refractivity contribution in [2.75, 3.05) is 6.61 Å². The maximum absolute atomic E-state index is 13.9. The predicted octanol–water partition coefficient (Wildman–Crippen LogP) is 1.69. The summed E-state index contributed by atoms with van der Waals surface area (Å²) in [5.74, 6) is -5.69. The monoisotopic (exact) mass is 389 g/mol. The lowest BCUT2D eigenvalue weighted by molar-refractivity contribution is -0.150. The molecular formula is C20H20FNO6. The molecule has 148 valence electrons.